The Morgan fingerprint density at radius 2 is 1.79 bits per heavy atom. The van der Waals surface area contributed by atoms with E-state index in [9.17, 15) is 9.90 Å². The molecule has 0 saturated carbocycles. The van der Waals surface area contributed by atoms with E-state index in [-0.39, 0.29) is 12.5 Å². The lowest BCUT2D eigenvalue weighted by atomic mass is 10.1. The number of carbonyl (C=O) groups excluding carboxylic acids is 1. The Morgan fingerprint density at radius 3 is 2.46 bits per heavy atom. The topological polar surface area (TPSA) is 75.1 Å². The van der Waals surface area contributed by atoms with E-state index < -0.39 is 0 Å². The van der Waals surface area contributed by atoms with Crippen LogP contribution in [0, 0.1) is 0 Å². The number of benzene rings is 2. The third kappa shape index (κ3) is 3.83. The van der Waals surface area contributed by atoms with Crippen LogP contribution in [0.25, 0.3) is 21.8 Å². The summed E-state index contributed by atoms with van der Waals surface area (Å²) >= 11 is 1.54. The van der Waals surface area contributed by atoms with E-state index in [0.717, 1.165) is 16.0 Å². The number of thiophene rings is 1. The maximum Gasteiger partial charge on any atom is 0.256 e. The molecule has 4 rings (SSSR count). The molecular weight excluding hydrogens is 370 g/mol. The smallest absolute Gasteiger partial charge is 0.256 e. The van der Waals surface area contributed by atoms with Crippen molar-refractivity contribution in [1.82, 2.24) is 9.97 Å². The first-order chi connectivity index (χ1) is 13.7. The molecule has 0 unspecified atom stereocenters. The van der Waals surface area contributed by atoms with E-state index in [0.29, 0.717) is 22.8 Å². The minimum Gasteiger partial charge on any atom is -0.392 e. The first-order valence-electron chi connectivity index (χ1n) is 8.72. The number of nitrogens with zero attached hydrogens (tertiary/aromatic N) is 2. The number of carbonyl (C=O) groups is 1. The van der Waals surface area contributed by atoms with Gasteiger partial charge >= 0.3 is 0 Å². The zero-order chi connectivity index (χ0) is 19.3. The van der Waals surface area contributed by atoms with Gasteiger partial charge in [-0.3, -0.25) is 4.79 Å². The second-order valence-electron chi connectivity index (χ2n) is 6.10. The van der Waals surface area contributed by atoms with Crippen LogP contribution in [-0.4, -0.2) is 21.0 Å². The molecule has 0 bridgehead atoms. The molecule has 2 heterocycles. The molecular formula is C22H17N3O2S. The lowest BCUT2D eigenvalue weighted by Gasteiger charge is -2.11. The number of aliphatic hydroxyl groups is 1. The number of hydrogen-bond donors (Lipinski definition) is 2. The lowest BCUT2D eigenvalue weighted by Crippen LogP contribution is -2.14. The number of aromatic nitrogens is 2. The van der Waals surface area contributed by atoms with Gasteiger partial charge in [-0.25, -0.2) is 9.97 Å². The van der Waals surface area contributed by atoms with E-state index in [1.807, 2.05) is 60.0 Å². The average molecular weight is 387 g/mol. The summed E-state index contributed by atoms with van der Waals surface area (Å²) in [4.78, 5) is 22.7. The third-order valence-corrected chi connectivity index (χ3v) is 5.10. The van der Waals surface area contributed by atoms with E-state index in [1.54, 1.807) is 18.3 Å². The normalized spacial score (nSPS) is 10.6. The first kappa shape index (κ1) is 18.0. The average Bonchev–Trinajstić information content (AvgIpc) is 3.29. The molecule has 5 nitrogen and oxygen atoms in total. The zero-order valence-electron chi connectivity index (χ0n) is 14.9. The summed E-state index contributed by atoms with van der Waals surface area (Å²) in [6.07, 6.45) is 1.64. The van der Waals surface area contributed by atoms with Crippen LogP contribution in [0.15, 0.2) is 78.3 Å². The predicted octanol–water partition coefficient (Wildman–Crippen LogP) is 4.62. The van der Waals surface area contributed by atoms with Crippen molar-refractivity contribution >= 4 is 23.1 Å². The second-order valence-corrected chi connectivity index (χ2v) is 7.05. The second kappa shape index (κ2) is 8.12. The Bertz CT molecular complexity index is 1080. The molecule has 138 valence electrons. The highest BCUT2D eigenvalue weighted by Gasteiger charge is 2.15. The highest BCUT2D eigenvalue weighted by atomic mass is 32.1. The summed E-state index contributed by atoms with van der Waals surface area (Å²) in [7, 11) is 0. The van der Waals surface area contributed by atoms with Crippen LogP contribution >= 0.6 is 11.3 Å². The monoisotopic (exact) mass is 387 g/mol. The fraction of sp³-hybridized carbons (Fsp3) is 0.0455. The van der Waals surface area contributed by atoms with Crippen LogP contribution in [0.4, 0.5) is 5.82 Å². The fourth-order valence-corrected chi connectivity index (χ4v) is 3.47. The summed E-state index contributed by atoms with van der Waals surface area (Å²) < 4.78 is 0. The summed E-state index contributed by atoms with van der Waals surface area (Å²) in [5.74, 6) is 0.194. The molecule has 0 aliphatic heterocycles. The molecule has 2 aromatic carbocycles. The molecule has 6 heteroatoms. The molecule has 28 heavy (non-hydrogen) atoms. The highest BCUT2D eigenvalue weighted by molar-refractivity contribution is 7.13. The van der Waals surface area contributed by atoms with Crippen LogP contribution in [0.5, 0.6) is 0 Å². The fourth-order valence-electron chi connectivity index (χ4n) is 2.75. The molecule has 0 atom stereocenters. The van der Waals surface area contributed by atoms with Crippen molar-refractivity contribution in [1.29, 1.82) is 0 Å². The number of anilines is 1. The third-order valence-electron chi connectivity index (χ3n) is 4.23. The van der Waals surface area contributed by atoms with Crippen LogP contribution in [0.1, 0.15) is 15.9 Å². The van der Waals surface area contributed by atoms with Gasteiger partial charge in [0, 0.05) is 11.1 Å². The van der Waals surface area contributed by atoms with E-state index in [1.165, 1.54) is 11.3 Å². The van der Waals surface area contributed by atoms with E-state index in [2.05, 4.69) is 10.3 Å². The van der Waals surface area contributed by atoms with Crippen molar-refractivity contribution in [2.75, 3.05) is 5.32 Å². The summed E-state index contributed by atoms with van der Waals surface area (Å²) in [6.45, 7) is -0.00312. The SMILES string of the molecule is O=C(Nc1ncc(-c2ccc(CO)cc2)nc1-c1cccs1)c1ccccc1. The Balaban J connectivity index is 1.71. The lowest BCUT2D eigenvalue weighted by molar-refractivity contribution is 0.102. The van der Waals surface area contributed by atoms with Gasteiger partial charge in [-0.05, 0) is 29.1 Å². The van der Waals surface area contributed by atoms with E-state index >= 15 is 0 Å². The van der Waals surface area contributed by atoms with Gasteiger partial charge in [0.2, 0.25) is 0 Å². The van der Waals surface area contributed by atoms with Gasteiger partial charge in [-0.15, -0.1) is 11.3 Å². The molecule has 0 spiro atoms. The minimum atomic E-state index is -0.229. The minimum absolute atomic E-state index is 0.00312. The predicted molar refractivity (Wildman–Crippen MR) is 111 cm³/mol. The quantitative estimate of drug-likeness (QED) is 0.524. The molecule has 2 aromatic heterocycles. The van der Waals surface area contributed by atoms with Crippen LogP contribution in [0.2, 0.25) is 0 Å². The van der Waals surface area contributed by atoms with Gasteiger partial charge in [-0.1, -0.05) is 48.5 Å². The summed E-state index contributed by atoms with van der Waals surface area (Å²) in [5.41, 5.74) is 3.61. The van der Waals surface area contributed by atoms with Crippen molar-refractivity contribution in [2.24, 2.45) is 0 Å². The standard InChI is InChI=1S/C22H17N3O2S/c26-14-15-8-10-16(11-9-15)18-13-23-21(20(24-18)19-7-4-12-28-19)25-22(27)17-5-2-1-3-6-17/h1-13,26H,14H2,(H,23,25,27). The van der Waals surface area contributed by atoms with Gasteiger partial charge < -0.3 is 10.4 Å². The number of hydrogen-bond acceptors (Lipinski definition) is 5. The number of nitrogens with one attached hydrogen (secondary N) is 1. The Hall–Kier alpha value is -3.35. The highest BCUT2D eigenvalue weighted by Crippen LogP contribution is 2.31. The van der Waals surface area contributed by atoms with Crippen molar-refractivity contribution in [2.45, 2.75) is 6.61 Å². The first-order valence-corrected chi connectivity index (χ1v) is 9.60. The number of amides is 1. The Kier molecular flexibility index (Phi) is 5.23. The van der Waals surface area contributed by atoms with Crippen molar-refractivity contribution in [3.8, 4) is 21.8 Å². The zero-order valence-corrected chi connectivity index (χ0v) is 15.7. The molecule has 2 N–H and O–H groups in total. The van der Waals surface area contributed by atoms with Crippen LogP contribution < -0.4 is 5.32 Å². The van der Waals surface area contributed by atoms with Crippen molar-refractivity contribution in [3.05, 3.63) is 89.4 Å². The van der Waals surface area contributed by atoms with E-state index in [4.69, 9.17) is 4.98 Å². The Morgan fingerprint density at radius 1 is 1.00 bits per heavy atom. The van der Waals surface area contributed by atoms with Gasteiger partial charge in [0.25, 0.3) is 5.91 Å². The maximum atomic E-state index is 12.6. The van der Waals surface area contributed by atoms with Gasteiger partial charge in [-0.2, -0.15) is 0 Å². The summed E-state index contributed by atoms with van der Waals surface area (Å²) in [5, 5.41) is 14.0. The van der Waals surface area contributed by atoms with Crippen LogP contribution in [-0.2, 0) is 6.61 Å². The van der Waals surface area contributed by atoms with Crippen molar-refractivity contribution < 1.29 is 9.90 Å². The van der Waals surface area contributed by atoms with Crippen LogP contribution in [0.3, 0.4) is 0 Å². The molecule has 4 aromatic rings. The molecule has 1 amide bonds. The van der Waals surface area contributed by atoms with Gasteiger partial charge in [0.15, 0.2) is 5.82 Å². The largest absolute Gasteiger partial charge is 0.392 e. The molecule has 0 aliphatic rings. The number of rotatable bonds is 5. The Labute approximate surface area is 166 Å². The van der Waals surface area contributed by atoms with Gasteiger partial charge in [0.05, 0.1) is 23.4 Å². The maximum absolute atomic E-state index is 12.6. The van der Waals surface area contributed by atoms with Gasteiger partial charge in [0.1, 0.15) is 5.69 Å². The number of aliphatic hydroxyl groups excluding tert-OH is 1. The molecule has 0 saturated heterocycles. The van der Waals surface area contributed by atoms with Crippen molar-refractivity contribution in [3.63, 3.8) is 0 Å². The molecule has 0 fully saturated rings. The molecule has 0 aliphatic carbocycles. The summed E-state index contributed by atoms with van der Waals surface area (Å²) in [6, 6.07) is 20.4. The molecule has 0 radical (unpaired) electrons.